The van der Waals surface area contributed by atoms with Gasteiger partial charge in [-0.2, -0.15) is 0 Å². The predicted octanol–water partition coefficient (Wildman–Crippen LogP) is 3.07. The van der Waals surface area contributed by atoms with Crippen molar-refractivity contribution in [2.24, 2.45) is 0 Å². The lowest BCUT2D eigenvalue weighted by molar-refractivity contribution is 0.236. The van der Waals surface area contributed by atoms with Crippen molar-refractivity contribution in [1.29, 1.82) is 0 Å². The molecule has 0 atom stereocenters. The number of methoxy groups -OCH3 is 1. The maximum atomic E-state index is 5.89. The van der Waals surface area contributed by atoms with Crippen molar-refractivity contribution in [3.05, 3.63) is 41.3 Å². The van der Waals surface area contributed by atoms with Gasteiger partial charge in [0.05, 0.1) is 12.8 Å². The molecule has 2 aromatic rings. The Bertz CT molecular complexity index is 579. The third-order valence-electron chi connectivity index (χ3n) is 3.02. The summed E-state index contributed by atoms with van der Waals surface area (Å²) < 4.78 is 16.4. The molecule has 21 heavy (non-hydrogen) atoms. The van der Waals surface area contributed by atoms with Gasteiger partial charge in [0.15, 0.2) is 17.3 Å². The molecule has 0 radical (unpaired) electrons. The SMILES string of the molecule is COc1cccc(CNC(C)C)c1OCc1cc(C)no1. The van der Waals surface area contributed by atoms with E-state index in [1.54, 1.807) is 7.11 Å². The van der Waals surface area contributed by atoms with E-state index in [0.29, 0.717) is 24.2 Å². The molecule has 0 aliphatic heterocycles. The fourth-order valence-corrected chi connectivity index (χ4v) is 1.97. The largest absolute Gasteiger partial charge is 0.493 e. The van der Waals surface area contributed by atoms with Crippen LogP contribution in [0.4, 0.5) is 0 Å². The maximum Gasteiger partial charge on any atom is 0.174 e. The highest BCUT2D eigenvalue weighted by Gasteiger charge is 2.12. The Labute approximate surface area is 125 Å². The van der Waals surface area contributed by atoms with E-state index in [9.17, 15) is 0 Å². The summed E-state index contributed by atoms with van der Waals surface area (Å²) in [5, 5.41) is 7.24. The second-order valence-corrected chi connectivity index (χ2v) is 5.21. The molecule has 0 spiro atoms. The van der Waals surface area contributed by atoms with Crippen molar-refractivity contribution in [2.45, 2.75) is 40.0 Å². The molecule has 0 unspecified atom stereocenters. The average molecular weight is 290 g/mol. The van der Waals surface area contributed by atoms with Crippen molar-refractivity contribution < 1.29 is 14.0 Å². The van der Waals surface area contributed by atoms with Gasteiger partial charge in [0, 0.05) is 24.2 Å². The number of benzene rings is 1. The van der Waals surface area contributed by atoms with E-state index < -0.39 is 0 Å². The fraction of sp³-hybridized carbons (Fsp3) is 0.438. The molecule has 0 aliphatic rings. The van der Waals surface area contributed by atoms with Gasteiger partial charge in [0.1, 0.15) is 6.61 Å². The molecule has 0 saturated heterocycles. The molecule has 5 heteroatoms. The minimum absolute atomic E-state index is 0.329. The zero-order valence-corrected chi connectivity index (χ0v) is 13.0. The zero-order chi connectivity index (χ0) is 15.2. The molecule has 0 fully saturated rings. The lowest BCUT2D eigenvalue weighted by Gasteiger charge is -2.16. The van der Waals surface area contributed by atoms with Crippen LogP contribution in [0.2, 0.25) is 0 Å². The van der Waals surface area contributed by atoms with Crippen LogP contribution in [0.5, 0.6) is 11.5 Å². The average Bonchev–Trinajstić information content (AvgIpc) is 2.88. The summed E-state index contributed by atoms with van der Waals surface area (Å²) in [6.45, 7) is 7.15. The van der Waals surface area contributed by atoms with Gasteiger partial charge in [-0.25, -0.2) is 0 Å². The van der Waals surface area contributed by atoms with Crippen molar-refractivity contribution in [3.63, 3.8) is 0 Å². The Morgan fingerprint density at radius 2 is 2.14 bits per heavy atom. The second-order valence-electron chi connectivity index (χ2n) is 5.21. The minimum Gasteiger partial charge on any atom is -0.493 e. The Kier molecular flexibility index (Phi) is 5.22. The number of ether oxygens (including phenoxy) is 2. The van der Waals surface area contributed by atoms with Crippen molar-refractivity contribution in [3.8, 4) is 11.5 Å². The smallest absolute Gasteiger partial charge is 0.174 e. The van der Waals surface area contributed by atoms with E-state index in [1.807, 2.05) is 31.2 Å². The molecule has 1 N–H and O–H groups in total. The zero-order valence-electron chi connectivity index (χ0n) is 13.0. The Balaban J connectivity index is 2.14. The monoisotopic (exact) mass is 290 g/mol. The lowest BCUT2D eigenvalue weighted by atomic mass is 10.1. The van der Waals surface area contributed by atoms with E-state index in [4.69, 9.17) is 14.0 Å². The number of hydrogen-bond donors (Lipinski definition) is 1. The summed E-state index contributed by atoms with van der Waals surface area (Å²) in [6, 6.07) is 8.14. The second kappa shape index (κ2) is 7.13. The van der Waals surface area contributed by atoms with Crippen LogP contribution < -0.4 is 14.8 Å². The highest BCUT2D eigenvalue weighted by atomic mass is 16.5. The van der Waals surface area contributed by atoms with Gasteiger partial charge in [-0.3, -0.25) is 0 Å². The summed E-state index contributed by atoms with van der Waals surface area (Å²) in [5.41, 5.74) is 1.90. The summed E-state index contributed by atoms with van der Waals surface area (Å²) in [5.74, 6) is 2.15. The van der Waals surface area contributed by atoms with Gasteiger partial charge in [-0.15, -0.1) is 0 Å². The maximum absolute atomic E-state index is 5.89. The molecule has 0 aliphatic carbocycles. The number of para-hydroxylation sites is 1. The topological polar surface area (TPSA) is 56.5 Å². The van der Waals surface area contributed by atoms with E-state index in [1.165, 1.54) is 0 Å². The van der Waals surface area contributed by atoms with Crippen LogP contribution in [0.1, 0.15) is 30.9 Å². The predicted molar refractivity (Wildman–Crippen MR) is 80.5 cm³/mol. The van der Waals surface area contributed by atoms with Gasteiger partial charge >= 0.3 is 0 Å². The Morgan fingerprint density at radius 1 is 1.33 bits per heavy atom. The molecule has 114 valence electrons. The van der Waals surface area contributed by atoms with Crippen molar-refractivity contribution in [2.75, 3.05) is 7.11 Å². The Hall–Kier alpha value is -2.01. The molecule has 5 nitrogen and oxygen atoms in total. The van der Waals surface area contributed by atoms with Crippen LogP contribution in [0.15, 0.2) is 28.8 Å². The van der Waals surface area contributed by atoms with Gasteiger partial charge < -0.3 is 19.3 Å². The van der Waals surface area contributed by atoms with Gasteiger partial charge in [-0.05, 0) is 13.0 Å². The third kappa shape index (κ3) is 4.23. The molecule has 0 bridgehead atoms. The molecule has 0 saturated carbocycles. The molecule has 0 amide bonds. The number of aromatic nitrogens is 1. The number of nitrogens with zero attached hydrogens (tertiary/aromatic N) is 1. The van der Waals surface area contributed by atoms with Crippen molar-refractivity contribution >= 4 is 0 Å². The third-order valence-corrected chi connectivity index (χ3v) is 3.02. The van der Waals surface area contributed by atoms with E-state index in [0.717, 1.165) is 23.6 Å². The summed E-state index contributed by atoms with van der Waals surface area (Å²) in [7, 11) is 1.64. The fourth-order valence-electron chi connectivity index (χ4n) is 1.97. The normalized spacial score (nSPS) is 10.9. The molecule has 1 aromatic heterocycles. The molecule has 2 rings (SSSR count). The Morgan fingerprint density at radius 3 is 2.76 bits per heavy atom. The van der Waals surface area contributed by atoms with Gasteiger partial charge in [0.25, 0.3) is 0 Å². The quantitative estimate of drug-likeness (QED) is 0.849. The molecule has 1 aromatic carbocycles. The first-order valence-corrected chi connectivity index (χ1v) is 7.04. The lowest BCUT2D eigenvalue weighted by Crippen LogP contribution is -2.22. The number of nitrogens with one attached hydrogen (secondary N) is 1. The highest BCUT2D eigenvalue weighted by Crippen LogP contribution is 2.31. The van der Waals surface area contributed by atoms with E-state index in [2.05, 4.69) is 24.3 Å². The molecule has 1 heterocycles. The van der Waals surface area contributed by atoms with Crippen LogP contribution in [0.25, 0.3) is 0 Å². The minimum atomic E-state index is 0.329. The summed E-state index contributed by atoms with van der Waals surface area (Å²) in [4.78, 5) is 0. The van der Waals surface area contributed by atoms with E-state index in [-0.39, 0.29) is 0 Å². The van der Waals surface area contributed by atoms with Crippen LogP contribution in [0.3, 0.4) is 0 Å². The first-order chi connectivity index (χ1) is 10.1. The number of aryl methyl sites for hydroxylation is 1. The molecular weight excluding hydrogens is 268 g/mol. The van der Waals surface area contributed by atoms with Crippen LogP contribution in [0, 0.1) is 6.92 Å². The number of hydrogen-bond acceptors (Lipinski definition) is 5. The first-order valence-electron chi connectivity index (χ1n) is 7.04. The highest BCUT2D eigenvalue weighted by molar-refractivity contribution is 5.46. The first kappa shape index (κ1) is 15.4. The van der Waals surface area contributed by atoms with Crippen molar-refractivity contribution in [1.82, 2.24) is 10.5 Å². The van der Waals surface area contributed by atoms with Gasteiger partial charge in [-0.1, -0.05) is 31.1 Å². The van der Waals surface area contributed by atoms with Gasteiger partial charge in [0.2, 0.25) is 0 Å². The number of rotatable bonds is 7. The van der Waals surface area contributed by atoms with E-state index >= 15 is 0 Å². The summed E-state index contributed by atoms with van der Waals surface area (Å²) >= 11 is 0. The summed E-state index contributed by atoms with van der Waals surface area (Å²) in [6.07, 6.45) is 0. The van der Waals surface area contributed by atoms with Crippen LogP contribution in [-0.2, 0) is 13.2 Å². The standard InChI is InChI=1S/C16H22N2O3/c1-11(2)17-9-13-6-5-7-15(19-4)16(13)20-10-14-8-12(3)18-21-14/h5-8,11,17H,9-10H2,1-4H3. The van der Waals surface area contributed by atoms with Crippen LogP contribution >= 0.6 is 0 Å². The van der Waals surface area contributed by atoms with Crippen LogP contribution in [-0.4, -0.2) is 18.3 Å². The molecular formula is C16H22N2O3.